The lowest BCUT2D eigenvalue weighted by atomic mass is 9.99. The van der Waals surface area contributed by atoms with Gasteiger partial charge in [0.1, 0.15) is 5.69 Å². The minimum absolute atomic E-state index is 0.0638. The molecule has 0 spiro atoms. The van der Waals surface area contributed by atoms with E-state index in [0.717, 1.165) is 31.2 Å². The molecule has 0 amide bonds. The first-order chi connectivity index (χ1) is 10.3. The van der Waals surface area contributed by atoms with Gasteiger partial charge in [-0.1, -0.05) is 11.6 Å². The van der Waals surface area contributed by atoms with Crippen LogP contribution in [0.3, 0.4) is 0 Å². The van der Waals surface area contributed by atoms with Crippen molar-refractivity contribution < 1.29 is 5.21 Å². The number of hydrogen-bond donors (Lipinski definition) is 2. The molecule has 21 heavy (non-hydrogen) atoms. The van der Waals surface area contributed by atoms with Crippen molar-refractivity contribution in [2.45, 2.75) is 31.8 Å². The number of fused-ring (bicyclic) bond motifs is 1. The number of amidine groups is 1. The van der Waals surface area contributed by atoms with Crippen LogP contribution >= 0.6 is 0 Å². The Balaban J connectivity index is 1.64. The molecular formula is C15H23N5O. The number of oxime groups is 1. The van der Waals surface area contributed by atoms with Crippen LogP contribution < -0.4 is 5.73 Å². The maximum Gasteiger partial charge on any atom is 0.188 e. The third kappa shape index (κ3) is 3.33. The lowest BCUT2D eigenvalue weighted by Crippen LogP contribution is -2.54. The molecule has 1 aromatic rings. The Morgan fingerprint density at radius 1 is 1.38 bits per heavy atom. The predicted octanol–water partition coefficient (Wildman–Crippen LogP) is 0.846. The Labute approximate surface area is 125 Å². The van der Waals surface area contributed by atoms with Crippen LogP contribution in [0.1, 0.15) is 30.5 Å². The second kappa shape index (κ2) is 6.41. The summed E-state index contributed by atoms with van der Waals surface area (Å²) in [5.74, 6) is 0.0638. The first-order valence-corrected chi connectivity index (χ1v) is 7.65. The highest BCUT2D eigenvalue weighted by Crippen LogP contribution is 2.22. The second-order valence-electron chi connectivity index (χ2n) is 5.96. The zero-order chi connectivity index (χ0) is 14.7. The Bertz CT molecular complexity index is 519. The van der Waals surface area contributed by atoms with Gasteiger partial charge in [0.25, 0.3) is 0 Å². The Morgan fingerprint density at radius 3 is 3.14 bits per heavy atom. The van der Waals surface area contributed by atoms with E-state index in [-0.39, 0.29) is 5.84 Å². The molecule has 3 heterocycles. The van der Waals surface area contributed by atoms with Crippen molar-refractivity contribution in [2.75, 3.05) is 26.2 Å². The number of hydrogen-bond acceptors (Lipinski definition) is 5. The van der Waals surface area contributed by atoms with E-state index in [2.05, 4.69) is 19.9 Å². The summed E-state index contributed by atoms with van der Waals surface area (Å²) in [6.07, 6.45) is 5.75. The second-order valence-corrected chi connectivity index (χ2v) is 5.96. The largest absolute Gasteiger partial charge is 0.409 e. The number of nitrogens with zero attached hydrogens (tertiary/aromatic N) is 4. The molecule has 3 rings (SSSR count). The van der Waals surface area contributed by atoms with Crippen LogP contribution in [-0.4, -0.2) is 58.0 Å². The summed E-state index contributed by atoms with van der Waals surface area (Å²) < 4.78 is 0. The van der Waals surface area contributed by atoms with Crippen LogP contribution in [0.2, 0.25) is 0 Å². The van der Waals surface area contributed by atoms with Gasteiger partial charge >= 0.3 is 0 Å². The average Bonchev–Trinajstić information content (AvgIpc) is 2.54. The predicted molar refractivity (Wildman–Crippen MR) is 81.2 cm³/mol. The minimum atomic E-state index is 0.0638. The maximum absolute atomic E-state index is 8.74. The molecule has 0 radical (unpaired) electrons. The van der Waals surface area contributed by atoms with Gasteiger partial charge in [0, 0.05) is 38.4 Å². The lowest BCUT2D eigenvalue weighted by molar-refractivity contribution is 0.0457. The zero-order valence-electron chi connectivity index (χ0n) is 12.3. The van der Waals surface area contributed by atoms with Crippen molar-refractivity contribution in [3.05, 3.63) is 29.6 Å². The normalized spacial score (nSPS) is 24.8. The Kier molecular flexibility index (Phi) is 4.36. The summed E-state index contributed by atoms with van der Waals surface area (Å²) >= 11 is 0. The quantitative estimate of drug-likeness (QED) is 0.373. The van der Waals surface area contributed by atoms with Crippen molar-refractivity contribution in [1.29, 1.82) is 0 Å². The van der Waals surface area contributed by atoms with Crippen LogP contribution in [0.25, 0.3) is 0 Å². The number of rotatable bonds is 3. The van der Waals surface area contributed by atoms with Crippen LogP contribution in [0.5, 0.6) is 0 Å². The fraction of sp³-hybridized carbons (Fsp3) is 0.600. The van der Waals surface area contributed by atoms with E-state index in [4.69, 9.17) is 10.9 Å². The molecule has 1 aromatic heterocycles. The zero-order valence-corrected chi connectivity index (χ0v) is 12.3. The van der Waals surface area contributed by atoms with Gasteiger partial charge in [-0.2, -0.15) is 0 Å². The van der Waals surface area contributed by atoms with Gasteiger partial charge in [0.05, 0.1) is 0 Å². The van der Waals surface area contributed by atoms with Crippen LogP contribution in [0.4, 0.5) is 0 Å². The van der Waals surface area contributed by atoms with Gasteiger partial charge in [-0.3, -0.25) is 14.8 Å². The van der Waals surface area contributed by atoms with Gasteiger partial charge in [-0.05, 0) is 37.1 Å². The highest BCUT2D eigenvalue weighted by atomic mass is 16.4. The molecule has 114 valence electrons. The van der Waals surface area contributed by atoms with Crippen molar-refractivity contribution in [1.82, 2.24) is 14.8 Å². The van der Waals surface area contributed by atoms with Crippen molar-refractivity contribution in [3.8, 4) is 0 Å². The summed E-state index contributed by atoms with van der Waals surface area (Å²) in [6, 6.07) is 4.63. The molecule has 0 saturated carbocycles. The number of piperazine rings is 1. The minimum Gasteiger partial charge on any atom is -0.409 e. The number of piperidine rings is 1. The molecule has 6 heteroatoms. The fourth-order valence-electron chi connectivity index (χ4n) is 3.39. The molecule has 2 aliphatic heterocycles. The highest BCUT2D eigenvalue weighted by Gasteiger charge is 2.28. The van der Waals surface area contributed by atoms with E-state index < -0.39 is 0 Å². The Morgan fingerprint density at radius 2 is 2.29 bits per heavy atom. The summed E-state index contributed by atoms with van der Waals surface area (Å²) in [5, 5.41) is 11.7. The van der Waals surface area contributed by atoms with E-state index in [1.165, 1.54) is 32.4 Å². The van der Waals surface area contributed by atoms with Gasteiger partial charge in [0.2, 0.25) is 0 Å². The molecule has 2 saturated heterocycles. The first-order valence-electron chi connectivity index (χ1n) is 7.65. The number of nitrogens with two attached hydrogens (primary N) is 1. The number of aromatic nitrogens is 1. The average molecular weight is 289 g/mol. The molecule has 2 fully saturated rings. The Hall–Kier alpha value is -1.66. The van der Waals surface area contributed by atoms with Gasteiger partial charge in [-0.25, -0.2) is 0 Å². The summed E-state index contributed by atoms with van der Waals surface area (Å²) in [4.78, 5) is 9.26. The monoisotopic (exact) mass is 289 g/mol. The third-order valence-electron chi connectivity index (χ3n) is 4.52. The van der Waals surface area contributed by atoms with Gasteiger partial charge < -0.3 is 10.9 Å². The standard InChI is InChI=1S/C15H23N5O/c16-15(18-21)14-9-12(4-5-17-14)10-19-7-8-20-6-2-1-3-13(20)11-19/h4-5,9,13,21H,1-3,6-8,10-11H2,(H2,16,18). The van der Waals surface area contributed by atoms with E-state index >= 15 is 0 Å². The van der Waals surface area contributed by atoms with Crippen LogP contribution in [0.15, 0.2) is 23.5 Å². The van der Waals surface area contributed by atoms with E-state index in [9.17, 15) is 0 Å². The topological polar surface area (TPSA) is 78.0 Å². The van der Waals surface area contributed by atoms with Crippen molar-refractivity contribution >= 4 is 5.84 Å². The highest BCUT2D eigenvalue weighted by molar-refractivity contribution is 5.95. The number of pyridine rings is 1. The van der Waals surface area contributed by atoms with Crippen molar-refractivity contribution in [2.24, 2.45) is 10.9 Å². The molecule has 6 nitrogen and oxygen atoms in total. The van der Waals surface area contributed by atoms with E-state index in [0.29, 0.717) is 5.69 Å². The SMILES string of the molecule is N/C(=N/O)c1cc(CN2CCN3CCCCC3C2)ccn1. The summed E-state index contributed by atoms with van der Waals surface area (Å²) in [7, 11) is 0. The summed E-state index contributed by atoms with van der Waals surface area (Å²) in [5.41, 5.74) is 7.30. The molecule has 1 unspecified atom stereocenters. The maximum atomic E-state index is 8.74. The molecule has 0 aromatic carbocycles. The lowest BCUT2D eigenvalue weighted by Gasteiger charge is -2.44. The molecule has 1 atom stereocenters. The van der Waals surface area contributed by atoms with E-state index in [1.807, 2.05) is 12.1 Å². The van der Waals surface area contributed by atoms with Crippen LogP contribution in [-0.2, 0) is 6.54 Å². The fourth-order valence-corrected chi connectivity index (χ4v) is 3.39. The van der Waals surface area contributed by atoms with Crippen LogP contribution in [0, 0.1) is 0 Å². The molecule has 0 aliphatic carbocycles. The molecular weight excluding hydrogens is 266 g/mol. The van der Waals surface area contributed by atoms with E-state index in [1.54, 1.807) is 6.20 Å². The first kappa shape index (κ1) is 14.3. The van der Waals surface area contributed by atoms with Gasteiger partial charge in [0.15, 0.2) is 5.84 Å². The van der Waals surface area contributed by atoms with Crippen molar-refractivity contribution in [3.63, 3.8) is 0 Å². The molecule has 2 aliphatic rings. The molecule has 0 bridgehead atoms. The van der Waals surface area contributed by atoms with Gasteiger partial charge in [-0.15, -0.1) is 0 Å². The molecule has 3 N–H and O–H groups in total. The third-order valence-corrected chi connectivity index (χ3v) is 4.52. The smallest absolute Gasteiger partial charge is 0.188 e. The summed E-state index contributed by atoms with van der Waals surface area (Å²) in [6.45, 7) is 5.59.